The van der Waals surface area contributed by atoms with Crippen molar-refractivity contribution in [3.8, 4) is 0 Å². The van der Waals surface area contributed by atoms with Gasteiger partial charge in [-0.05, 0) is 17.7 Å². The van der Waals surface area contributed by atoms with E-state index in [2.05, 4.69) is 15.9 Å². The number of aliphatic carboxylic acids is 1. The van der Waals surface area contributed by atoms with E-state index in [1.807, 2.05) is 24.3 Å². The number of halogens is 1. The SMILES string of the molecule is CN(Cc1cccc(Br)c1)C(=O)N1CC(C(=O)O)C1. The molecule has 6 heteroatoms. The Hall–Kier alpha value is -1.56. The maximum absolute atomic E-state index is 12.0. The van der Waals surface area contributed by atoms with Crippen LogP contribution in [0.1, 0.15) is 5.56 Å². The van der Waals surface area contributed by atoms with E-state index in [1.54, 1.807) is 16.8 Å². The predicted molar refractivity (Wildman–Crippen MR) is 73.7 cm³/mol. The summed E-state index contributed by atoms with van der Waals surface area (Å²) in [4.78, 5) is 25.9. The minimum Gasteiger partial charge on any atom is -0.481 e. The molecule has 0 spiro atoms. The van der Waals surface area contributed by atoms with E-state index in [4.69, 9.17) is 5.11 Å². The van der Waals surface area contributed by atoms with E-state index in [0.29, 0.717) is 19.6 Å². The van der Waals surface area contributed by atoms with Gasteiger partial charge < -0.3 is 14.9 Å². The standard InChI is InChI=1S/C13H15BrN2O3/c1-15(6-9-3-2-4-11(14)5-9)13(19)16-7-10(8-16)12(17)18/h2-5,10H,6-8H2,1H3,(H,17,18). The summed E-state index contributed by atoms with van der Waals surface area (Å²) in [6, 6.07) is 7.63. The molecule has 0 atom stereocenters. The van der Waals surface area contributed by atoms with E-state index in [0.717, 1.165) is 10.0 Å². The second-order valence-corrected chi connectivity index (χ2v) is 5.62. The highest BCUT2D eigenvalue weighted by Crippen LogP contribution is 2.19. The van der Waals surface area contributed by atoms with Gasteiger partial charge >= 0.3 is 12.0 Å². The quantitative estimate of drug-likeness (QED) is 0.924. The van der Waals surface area contributed by atoms with Gasteiger partial charge in [0.15, 0.2) is 0 Å². The summed E-state index contributed by atoms with van der Waals surface area (Å²) < 4.78 is 0.973. The number of likely N-dealkylation sites (tertiary alicyclic amines) is 1. The van der Waals surface area contributed by atoms with E-state index < -0.39 is 11.9 Å². The summed E-state index contributed by atoms with van der Waals surface area (Å²) >= 11 is 3.39. The predicted octanol–water partition coefficient (Wildman–Crippen LogP) is 2.02. The van der Waals surface area contributed by atoms with Crippen LogP contribution in [0.4, 0.5) is 4.79 Å². The molecule has 0 aliphatic carbocycles. The van der Waals surface area contributed by atoms with Gasteiger partial charge in [-0.15, -0.1) is 0 Å². The van der Waals surface area contributed by atoms with Crippen LogP contribution in [0.5, 0.6) is 0 Å². The zero-order valence-electron chi connectivity index (χ0n) is 10.5. The number of amides is 2. The molecule has 1 saturated heterocycles. The Morgan fingerprint density at radius 1 is 1.47 bits per heavy atom. The molecular formula is C13H15BrN2O3. The molecule has 1 aliphatic heterocycles. The van der Waals surface area contributed by atoms with Crippen LogP contribution in [-0.4, -0.2) is 47.0 Å². The summed E-state index contributed by atoms with van der Waals surface area (Å²) in [6.07, 6.45) is 0. The van der Waals surface area contributed by atoms with Gasteiger partial charge in [0, 0.05) is 31.2 Å². The van der Waals surface area contributed by atoms with Crippen LogP contribution >= 0.6 is 15.9 Å². The maximum Gasteiger partial charge on any atom is 0.320 e. The molecular weight excluding hydrogens is 312 g/mol. The molecule has 1 aromatic carbocycles. The average Bonchev–Trinajstić information content (AvgIpc) is 2.26. The van der Waals surface area contributed by atoms with Crippen molar-refractivity contribution in [3.05, 3.63) is 34.3 Å². The summed E-state index contributed by atoms with van der Waals surface area (Å²) in [5, 5.41) is 8.78. The third-order valence-corrected chi connectivity index (χ3v) is 3.63. The van der Waals surface area contributed by atoms with Gasteiger partial charge in [-0.1, -0.05) is 28.1 Å². The van der Waals surface area contributed by atoms with Crippen LogP contribution in [0.15, 0.2) is 28.7 Å². The van der Waals surface area contributed by atoms with Crippen LogP contribution in [0, 0.1) is 5.92 Å². The van der Waals surface area contributed by atoms with Crippen LogP contribution in [-0.2, 0) is 11.3 Å². The van der Waals surface area contributed by atoms with Crippen molar-refractivity contribution < 1.29 is 14.7 Å². The Bertz CT molecular complexity index is 500. The first-order chi connectivity index (χ1) is 8.97. The molecule has 0 bridgehead atoms. The van der Waals surface area contributed by atoms with Crippen molar-refractivity contribution >= 4 is 27.9 Å². The minimum atomic E-state index is -0.835. The number of nitrogens with zero attached hydrogens (tertiary/aromatic N) is 2. The van der Waals surface area contributed by atoms with Crippen molar-refractivity contribution in [2.75, 3.05) is 20.1 Å². The number of urea groups is 1. The molecule has 0 saturated carbocycles. The van der Waals surface area contributed by atoms with Crippen LogP contribution in [0.2, 0.25) is 0 Å². The number of carboxylic acids is 1. The molecule has 2 rings (SSSR count). The third-order valence-electron chi connectivity index (χ3n) is 3.14. The lowest BCUT2D eigenvalue weighted by atomic mass is 10.0. The first kappa shape index (κ1) is 13.9. The lowest BCUT2D eigenvalue weighted by Crippen LogP contribution is -2.56. The molecule has 0 radical (unpaired) electrons. The molecule has 5 nitrogen and oxygen atoms in total. The smallest absolute Gasteiger partial charge is 0.320 e. The van der Waals surface area contributed by atoms with E-state index in [-0.39, 0.29) is 6.03 Å². The molecule has 1 fully saturated rings. The maximum atomic E-state index is 12.0. The van der Waals surface area contributed by atoms with Gasteiger partial charge in [0.1, 0.15) is 0 Å². The highest BCUT2D eigenvalue weighted by atomic mass is 79.9. The van der Waals surface area contributed by atoms with Crippen LogP contribution in [0.3, 0.4) is 0 Å². The third kappa shape index (κ3) is 3.26. The van der Waals surface area contributed by atoms with E-state index in [9.17, 15) is 9.59 Å². The molecule has 0 aromatic heterocycles. The molecule has 19 heavy (non-hydrogen) atoms. The number of carboxylic acid groups (broad SMARTS) is 1. The van der Waals surface area contributed by atoms with Crippen molar-refractivity contribution in [2.24, 2.45) is 5.92 Å². The Balaban J connectivity index is 1.89. The van der Waals surface area contributed by atoms with Crippen molar-refractivity contribution in [1.29, 1.82) is 0 Å². The second-order valence-electron chi connectivity index (χ2n) is 4.71. The molecule has 2 amide bonds. The van der Waals surface area contributed by atoms with Crippen molar-refractivity contribution in [2.45, 2.75) is 6.54 Å². The fourth-order valence-electron chi connectivity index (χ4n) is 2.01. The lowest BCUT2D eigenvalue weighted by molar-refractivity contribution is -0.146. The van der Waals surface area contributed by atoms with E-state index in [1.165, 1.54) is 0 Å². The first-order valence-electron chi connectivity index (χ1n) is 5.94. The summed E-state index contributed by atoms with van der Waals surface area (Å²) in [7, 11) is 1.72. The zero-order valence-corrected chi connectivity index (χ0v) is 12.1. The summed E-state index contributed by atoms with van der Waals surface area (Å²) in [5.74, 6) is -1.25. The highest BCUT2D eigenvalue weighted by molar-refractivity contribution is 9.10. The first-order valence-corrected chi connectivity index (χ1v) is 6.74. The van der Waals surface area contributed by atoms with Gasteiger partial charge in [0.05, 0.1) is 5.92 Å². The Kier molecular flexibility index (Phi) is 4.09. The average molecular weight is 327 g/mol. The van der Waals surface area contributed by atoms with Gasteiger partial charge in [-0.25, -0.2) is 4.79 Å². The summed E-state index contributed by atoms with van der Waals surface area (Å²) in [6.45, 7) is 1.11. The normalized spacial score (nSPS) is 14.9. The van der Waals surface area contributed by atoms with E-state index >= 15 is 0 Å². The molecule has 1 N–H and O–H groups in total. The monoisotopic (exact) mass is 326 g/mol. The van der Waals surface area contributed by atoms with Gasteiger partial charge in [-0.3, -0.25) is 4.79 Å². The second kappa shape index (κ2) is 5.61. The minimum absolute atomic E-state index is 0.127. The number of hydrogen-bond acceptors (Lipinski definition) is 2. The lowest BCUT2D eigenvalue weighted by Gasteiger charge is -2.39. The van der Waals surface area contributed by atoms with Crippen LogP contribution in [0.25, 0.3) is 0 Å². The fraction of sp³-hybridized carbons (Fsp3) is 0.385. The Labute approximate surface area is 119 Å². The largest absolute Gasteiger partial charge is 0.481 e. The number of hydrogen-bond donors (Lipinski definition) is 1. The summed E-state index contributed by atoms with van der Waals surface area (Å²) in [5.41, 5.74) is 1.03. The number of carbonyl (C=O) groups excluding carboxylic acids is 1. The van der Waals surface area contributed by atoms with Crippen LogP contribution < -0.4 is 0 Å². The van der Waals surface area contributed by atoms with Crippen molar-refractivity contribution in [1.82, 2.24) is 9.80 Å². The molecule has 0 unspecified atom stereocenters. The molecule has 1 heterocycles. The van der Waals surface area contributed by atoms with Gasteiger partial charge in [0.25, 0.3) is 0 Å². The number of carbonyl (C=O) groups is 2. The van der Waals surface area contributed by atoms with Crippen molar-refractivity contribution in [3.63, 3.8) is 0 Å². The number of rotatable bonds is 3. The zero-order chi connectivity index (χ0) is 14.0. The Morgan fingerprint density at radius 2 is 2.16 bits per heavy atom. The molecule has 1 aliphatic rings. The fourth-order valence-corrected chi connectivity index (χ4v) is 2.46. The van der Waals surface area contributed by atoms with Gasteiger partial charge in [-0.2, -0.15) is 0 Å². The molecule has 102 valence electrons. The number of benzene rings is 1. The Morgan fingerprint density at radius 3 is 2.74 bits per heavy atom. The highest BCUT2D eigenvalue weighted by Gasteiger charge is 2.36. The topological polar surface area (TPSA) is 60.9 Å². The molecule has 1 aromatic rings. The van der Waals surface area contributed by atoms with Gasteiger partial charge in [0.2, 0.25) is 0 Å².